The van der Waals surface area contributed by atoms with Crippen LogP contribution in [-0.4, -0.2) is 67.1 Å². The van der Waals surface area contributed by atoms with Crippen molar-refractivity contribution in [2.75, 3.05) is 0 Å². The SMILES string of the molecule is O=C([O-])C1=CC(=NN=C2C=CC(=C3C=CC(=NN=C4C=CC(=O)C(C(=O)O)=C4)C=C3N(O)O)C=C2)C=CC1=O.[Na+].[Na+]. The van der Waals surface area contributed by atoms with E-state index in [9.17, 15) is 34.7 Å². The molecule has 0 bridgehead atoms. The second-order valence-electron chi connectivity index (χ2n) is 7.89. The summed E-state index contributed by atoms with van der Waals surface area (Å²) >= 11 is 0. The first-order valence-corrected chi connectivity index (χ1v) is 10.9. The maximum atomic E-state index is 11.6. The van der Waals surface area contributed by atoms with Crippen LogP contribution in [0.15, 0.2) is 127 Å². The number of hydroxylamine groups is 2. The molecule has 0 saturated carbocycles. The Morgan fingerprint density at radius 1 is 0.634 bits per heavy atom. The molecule has 0 spiro atoms. The molecule has 0 unspecified atom stereocenters. The topological polar surface area (TPSA) is 205 Å². The molecule has 0 atom stereocenters. The van der Waals surface area contributed by atoms with E-state index in [4.69, 9.17) is 5.11 Å². The Kier molecular flexibility index (Phi) is 12.1. The Morgan fingerprint density at radius 2 is 1.07 bits per heavy atom. The molecule has 4 aliphatic rings. The maximum Gasteiger partial charge on any atom is 1.00 e. The molecular formula is C26H16N5Na2O8+. The Labute approximate surface area is 275 Å². The van der Waals surface area contributed by atoms with Gasteiger partial charge in [0.25, 0.3) is 0 Å². The fraction of sp³-hybridized carbons (Fsp3) is 0. The average molecular weight is 572 g/mol. The summed E-state index contributed by atoms with van der Waals surface area (Å²) in [7, 11) is 0. The first-order valence-electron chi connectivity index (χ1n) is 10.9. The first kappa shape index (κ1) is 33.5. The molecule has 0 aromatic carbocycles. The molecule has 194 valence electrons. The number of nitrogens with zero attached hydrogens (tertiary/aromatic N) is 5. The van der Waals surface area contributed by atoms with Crippen LogP contribution < -0.4 is 64.2 Å². The summed E-state index contributed by atoms with van der Waals surface area (Å²) in [5.41, 5.74) is 0.789. The summed E-state index contributed by atoms with van der Waals surface area (Å²) in [6.45, 7) is 0. The molecule has 0 fully saturated rings. The Morgan fingerprint density at radius 3 is 1.59 bits per heavy atom. The molecule has 3 N–H and O–H groups in total. The number of hydrogen-bond donors (Lipinski definition) is 3. The second-order valence-corrected chi connectivity index (χ2v) is 7.89. The smallest absolute Gasteiger partial charge is 0.545 e. The quantitative estimate of drug-likeness (QED) is 0.124. The summed E-state index contributed by atoms with van der Waals surface area (Å²) in [4.78, 5) is 45.3. The molecule has 41 heavy (non-hydrogen) atoms. The van der Waals surface area contributed by atoms with Gasteiger partial charge in [-0.25, -0.2) is 4.79 Å². The van der Waals surface area contributed by atoms with Gasteiger partial charge in [-0.3, -0.25) is 20.0 Å². The van der Waals surface area contributed by atoms with E-state index in [1.165, 1.54) is 24.3 Å². The Bertz CT molecular complexity index is 1590. The van der Waals surface area contributed by atoms with Gasteiger partial charge in [0.2, 0.25) is 0 Å². The monoisotopic (exact) mass is 572 g/mol. The standard InChI is InChI=1S/C26H17N5O8.2Na/c32-23-9-6-16(11-20(23)25(34)35)28-27-15-3-1-14(2-4-15)19-8-5-18(13-22(19)31(38)39)30-29-17-7-10-24(33)21(12-17)26(36)37;;/h1-13,38-39H,(H,34,35)(H,36,37);;/q;2*+1/p-1. The average Bonchev–Trinajstić information content (AvgIpc) is 2.92. The maximum absolute atomic E-state index is 11.6. The molecule has 4 rings (SSSR count). The number of carbonyl (C=O) groups is 4. The van der Waals surface area contributed by atoms with Crippen molar-refractivity contribution in [3.05, 3.63) is 107 Å². The van der Waals surface area contributed by atoms with Crippen molar-refractivity contribution in [1.29, 1.82) is 0 Å². The van der Waals surface area contributed by atoms with Gasteiger partial charge in [0, 0.05) is 11.1 Å². The Balaban J connectivity index is 0.00000294. The largest absolute Gasteiger partial charge is 1.00 e. The molecule has 0 amide bonds. The Hall–Kier alpha value is -3.66. The summed E-state index contributed by atoms with van der Waals surface area (Å²) in [5, 5.41) is 55.3. The summed E-state index contributed by atoms with van der Waals surface area (Å²) in [6.07, 6.45) is 17.7. The first-order chi connectivity index (χ1) is 18.6. The number of carboxylic acid groups (broad SMARTS) is 2. The van der Waals surface area contributed by atoms with Gasteiger partial charge in [-0.2, -0.15) is 20.4 Å². The van der Waals surface area contributed by atoms with Crippen LogP contribution >= 0.6 is 0 Å². The molecule has 0 aromatic heterocycles. The van der Waals surface area contributed by atoms with Crippen molar-refractivity contribution in [2.24, 2.45) is 20.4 Å². The third kappa shape index (κ3) is 8.42. The molecule has 0 aliphatic heterocycles. The summed E-state index contributed by atoms with van der Waals surface area (Å²) < 4.78 is 0. The van der Waals surface area contributed by atoms with Crippen LogP contribution in [0, 0.1) is 0 Å². The number of aliphatic carboxylic acids is 2. The van der Waals surface area contributed by atoms with E-state index in [0.29, 0.717) is 16.9 Å². The van der Waals surface area contributed by atoms with E-state index in [0.717, 1.165) is 24.3 Å². The number of carbonyl (C=O) groups excluding carboxylic acids is 3. The minimum Gasteiger partial charge on any atom is -0.545 e. The summed E-state index contributed by atoms with van der Waals surface area (Å²) in [6, 6.07) is 0. The fourth-order valence-electron chi connectivity index (χ4n) is 3.42. The van der Waals surface area contributed by atoms with E-state index in [1.54, 1.807) is 30.4 Å². The van der Waals surface area contributed by atoms with E-state index >= 15 is 0 Å². The summed E-state index contributed by atoms with van der Waals surface area (Å²) in [5.74, 6) is -4.37. The van der Waals surface area contributed by atoms with Gasteiger partial charge >= 0.3 is 65.1 Å². The van der Waals surface area contributed by atoms with Gasteiger partial charge in [0.15, 0.2) is 11.6 Å². The molecule has 0 heterocycles. The molecule has 15 heteroatoms. The molecule has 0 radical (unpaired) electrons. The number of rotatable bonds is 5. The minimum absolute atomic E-state index is 0. The van der Waals surface area contributed by atoms with Gasteiger partial charge < -0.3 is 15.0 Å². The fourth-order valence-corrected chi connectivity index (χ4v) is 3.42. The van der Waals surface area contributed by atoms with Crippen molar-refractivity contribution >= 4 is 46.4 Å². The van der Waals surface area contributed by atoms with Crippen LogP contribution in [0.25, 0.3) is 0 Å². The zero-order chi connectivity index (χ0) is 28.1. The van der Waals surface area contributed by atoms with Gasteiger partial charge in [0.1, 0.15) is 11.3 Å². The van der Waals surface area contributed by atoms with Crippen LogP contribution in [0.4, 0.5) is 0 Å². The minimum atomic E-state index is -1.61. The molecule has 4 aliphatic carbocycles. The van der Waals surface area contributed by atoms with Gasteiger partial charge in [-0.05, 0) is 72.4 Å². The molecule has 0 aromatic rings. The van der Waals surface area contributed by atoms with E-state index in [2.05, 4.69) is 20.4 Å². The molecule has 0 saturated heterocycles. The normalized spacial score (nSPS) is 20.5. The number of ketones is 2. The second kappa shape index (κ2) is 14.8. The number of hydrogen-bond acceptors (Lipinski definition) is 12. The van der Waals surface area contributed by atoms with E-state index in [1.807, 2.05) is 0 Å². The van der Waals surface area contributed by atoms with Crippen molar-refractivity contribution in [1.82, 2.24) is 5.23 Å². The predicted octanol–water partition coefficient (Wildman–Crippen LogP) is -5.49. The van der Waals surface area contributed by atoms with Crippen LogP contribution in [0.1, 0.15) is 0 Å². The van der Waals surface area contributed by atoms with Crippen LogP contribution in [0.2, 0.25) is 0 Å². The van der Waals surface area contributed by atoms with Crippen LogP contribution in [0.5, 0.6) is 0 Å². The predicted molar refractivity (Wildman–Crippen MR) is 135 cm³/mol. The number of carboxylic acids is 2. The molecular weight excluding hydrogens is 556 g/mol. The van der Waals surface area contributed by atoms with E-state index < -0.39 is 34.7 Å². The van der Waals surface area contributed by atoms with Gasteiger partial charge in [-0.15, -0.1) is 5.23 Å². The van der Waals surface area contributed by atoms with Crippen molar-refractivity contribution < 1.29 is 98.9 Å². The van der Waals surface area contributed by atoms with Crippen molar-refractivity contribution in [2.45, 2.75) is 0 Å². The van der Waals surface area contributed by atoms with Crippen molar-refractivity contribution in [3.8, 4) is 0 Å². The van der Waals surface area contributed by atoms with Crippen LogP contribution in [-0.2, 0) is 19.2 Å². The van der Waals surface area contributed by atoms with Gasteiger partial charge in [0.05, 0.1) is 28.8 Å². The third-order valence-corrected chi connectivity index (χ3v) is 5.31. The zero-order valence-electron chi connectivity index (χ0n) is 21.6. The third-order valence-electron chi connectivity index (χ3n) is 5.31. The van der Waals surface area contributed by atoms with E-state index in [-0.39, 0.29) is 87.2 Å². The zero-order valence-corrected chi connectivity index (χ0v) is 25.6. The van der Waals surface area contributed by atoms with Gasteiger partial charge in [-0.1, -0.05) is 12.2 Å². The van der Waals surface area contributed by atoms with Crippen molar-refractivity contribution in [3.63, 3.8) is 0 Å². The molecule has 13 nitrogen and oxygen atoms in total. The number of allylic oxidation sites excluding steroid dienone is 14. The van der Waals surface area contributed by atoms with Crippen LogP contribution in [0.3, 0.4) is 0 Å².